The lowest BCUT2D eigenvalue weighted by Crippen LogP contribution is -2.06. The molecule has 0 saturated carbocycles. The quantitative estimate of drug-likeness (QED) is 0.367. The van der Waals surface area contributed by atoms with Crippen molar-refractivity contribution in [2.24, 2.45) is 0 Å². The van der Waals surface area contributed by atoms with Crippen LogP contribution in [-0.2, 0) is 0 Å². The zero-order chi connectivity index (χ0) is 8.27. The summed E-state index contributed by atoms with van der Waals surface area (Å²) >= 11 is 0. The largest absolute Gasteiger partial charge is 0.271 e. The second-order valence-corrected chi connectivity index (χ2v) is 2.21. The second kappa shape index (κ2) is 3.05. The maximum atomic E-state index is 10.3. The van der Waals surface area contributed by atoms with Gasteiger partial charge < -0.3 is 0 Å². The number of nitro groups is 1. The van der Waals surface area contributed by atoms with Crippen LogP contribution in [0.25, 0.3) is 0 Å². The molecule has 0 spiro atoms. The first-order chi connectivity index (χ1) is 5.22. The lowest BCUT2D eigenvalue weighted by atomic mass is 10.1. The minimum Gasteiger partial charge on any atom is -0.271 e. The Hall–Kier alpha value is -1.51. The molecule has 0 aliphatic heterocycles. The average Bonchev–Trinajstić information content (AvgIpc) is 2.05. The van der Waals surface area contributed by atoms with Crippen LogP contribution in [0.1, 0.15) is 12.5 Å². The van der Waals surface area contributed by atoms with E-state index >= 15 is 0 Å². The van der Waals surface area contributed by atoms with E-state index in [9.17, 15) is 10.1 Å². The summed E-state index contributed by atoms with van der Waals surface area (Å²) in [4.78, 5) is 9.89. The van der Waals surface area contributed by atoms with Gasteiger partial charge in [-0.1, -0.05) is 6.07 Å². The monoisotopic (exact) mass is 150 g/mol. The minimum absolute atomic E-state index is 0.186. The van der Waals surface area contributed by atoms with Gasteiger partial charge in [-0.2, -0.15) is 12.1 Å². The Morgan fingerprint density at radius 2 is 1.91 bits per heavy atom. The van der Waals surface area contributed by atoms with E-state index in [1.165, 1.54) is 6.92 Å². The van der Waals surface area contributed by atoms with Crippen molar-refractivity contribution in [2.75, 3.05) is 0 Å². The molecule has 58 valence electrons. The summed E-state index contributed by atoms with van der Waals surface area (Å²) < 4.78 is 0. The number of hydrogen-bond acceptors (Lipinski definition) is 2. The first kappa shape index (κ1) is 7.60. The fraction of sp³-hybridized carbons (Fsp3) is 0.125. The molecule has 0 atom stereocenters. The summed E-state index contributed by atoms with van der Waals surface area (Å²) in [5, 5.41) is 10.3. The van der Waals surface area contributed by atoms with Crippen LogP contribution in [0.2, 0.25) is 0 Å². The second-order valence-electron chi connectivity index (χ2n) is 2.21. The third kappa shape index (κ3) is 1.70. The van der Waals surface area contributed by atoms with Crippen molar-refractivity contribution in [1.82, 2.24) is 0 Å². The smallest absolute Gasteiger partial charge is 0.145 e. The van der Waals surface area contributed by atoms with E-state index in [2.05, 4.69) is 0 Å². The van der Waals surface area contributed by atoms with E-state index < -0.39 is 0 Å². The van der Waals surface area contributed by atoms with E-state index in [0.29, 0.717) is 5.56 Å². The van der Waals surface area contributed by atoms with Gasteiger partial charge in [0.1, 0.15) is 6.04 Å². The van der Waals surface area contributed by atoms with Crippen molar-refractivity contribution in [2.45, 2.75) is 6.92 Å². The predicted octanol–water partition coefficient (Wildman–Crippen LogP) is 1.86. The Morgan fingerprint density at radius 1 is 1.36 bits per heavy atom. The number of benzene rings is 1. The highest BCUT2D eigenvalue weighted by Gasteiger charge is 2.05. The topological polar surface area (TPSA) is 43.1 Å². The lowest BCUT2D eigenvalue weighted by Gasteiger charge is -2.09. The highest BCUT2D eigenvalue weighted by molar-refractivity contribution is 5.24. The van der Waals surface area contributed by atoms with E-state index in [1.54, 1.807) is 24.3 Å². The van der Waals surface area contributed by atoms with Crippen molar-refractivity contribution in [3.8, 4) is 0 Å². The molecule has 0 N–H and O–H groups in total. The van der Waals surface area contributed by atoms with Crippen LogP contribution >= 0.6 is 0 Å². The molecule has 1 rings (SSSR count). The Bertz CT molecular complexity index is 246. The van der Waals surface area contributed by atoms with Crippen molar-refractivity contribution in [3.63, 3.8) is 0 Å². The summed E-state index contributed by atoms with van der Waals surface area (Å²) in [7, 11) is 0. The normalized spacial score (nSPS) is 9.18. The zero-order valence-electron chi connectivity index (χ0n) is 6.15. The molecule has 3 heteroatoms. The van der Waals surface area contributed by atoms with Crippen LogP contribution in [0, 0.1) is 16.2 Å². The van der Waals surface area contributed by atoms with Gasteiger partial charge in [0.05, 0.1) is 0 Å². The van der Waals surface area contributed by atoms with Crippen LogP contribution < -0.4 is 0 Å². The van der Waals surface area contributed by atoms with Gasteiger partial charge in [-0.3, -0.25) is 10.1 Å². The lowest BCUT2D eigenvalue weighted by molar-refractivity contribution is -0.456. The van der Waals surface area contributed by atoms with Crippen LogP contribution in [0.3, 0.4) is 0 Å². The summed E-state index contributed by atoms with van der Waals surface area (Å²) in [5.74, 6) is 0. The molecule has 1 aromatic rings. The van der Waals surface area contributed by atoms with Gasteiger partial charge in [-0.25, -0.2) is 0 Å². The Balaban J connectivity index is 2.85. The van der Waals surface area contributed by atoms with Crippen LogP contribution in [0.4, 0.5) is 0 Å². The molecule has 0 aromatic heterocycles. The van der Waals surface area contributed by atoms with Crippen molar-refractivity contribution in [3.05, 3.63) is 52.1 Å². The molecule has 0 saturated heterocycles. The minimum atomic E-state index is -0.380. The van der Waals surface area contributed by atoms with Crippen molar-refractivity contribution < 1.29 is 4.92 Å². The molecular formula is C8H8NO2-. The molecule has 3 nitrogen and oxygen atoms in total. The summed E-state index contributed by atoms with van der Waals surface area (Å²) in [6, 6.07) is 9.02. The Morgan fingerprint density at radius 3 is 2.36 bits per heavy atom. The highest BCUT2D eigenvalue weighted by atomic mass is 16.6. The summed E-state index contributed by atoms with van der Waals surface area (Å²) in [5.41, 5.74) is 0.664. The van der Waals surface area contributed by atoms with Gasteiger partial charge in [0.25, 0.3) is 0 Å². The number of nitrogens with zero attached hydrogens (tertiary/aromatic N) is 1. The van der Waals surface area contributed by atoms with E-state index in [0.717, 1.165) is 0 Å². The summed E-state index contributed by atoms with van der Waals surface area (Å²) in [6.45, 7) is 1.50. The fourth-order valence-corrected chi connectivity index (χ4v) is 0.785. The third-order valence-corrected chi connectivity index (χ3v) is 1.47. The van der Waals surface area contributed by atoms with Gasteiger partial charge in [-0.05, 0) is 11.8 Å². The number of rotatable bonds is 2. The maximum absolute atomic E-state index is 10.3. The molecule has 0 amide bonds. The standard InChI is InChI=1S/C8H8NO2/c1-7(9(10)11)8-5-3-2-4-6-8/h2-6H,1H3/q-1. The molecule has 0 aliphatic carbocycles. The van der Waals surface area contributed by atoms with Crippen LogP contribution in [0.5, 0.6) is 0 Å². The molecule has 1 aromatic carbocycles. The molecule has 0 fully saturated rings. The van der Waals surface area contributed by atoms with Gasteiger partial charge in [-0.15, -0.1) is 17.7 Å². The molecule has 11 heavy (non-hydrogen) atoms. The van der Waals surface area contributed by atoms with Crippen molar-refractivity contribution in [1.29, 1.82) is 0 Å². The Kier molecular flexibility index (Phi) is 2.11. The zero-order valence-corrected chi connectivity index (χ0v) is 6.15. The molecule has 0 unspecified atom stereocenters. The van der Waals surface area contributed by atoms with E-state index in [1.807, 2.05) is 6.07 Å². The fourth-order valence-electron chi connectivity index (χ4n) is 0.785. The summed E-state index contributed by atoms with van der Waals surface area (Å²) in [6.07, 6.45) is 0. The highest BCUT2D eigenvalue weighted by Crippen LogP contribution is 2.12. The van der Waals surface area contributed by atoms with Gasteiger partial charge >= 0.3 is 0 Å². The maximum Gasteiger partial charge on any atom is 0.145 e. The first-order valence-electron chi connectivity index (χ1n) is 3.25. The first-order valence-corrected chi connectivity index (χ1v) is 3.25. The molecule has 0 radical (unpaired) electrons. The van der Waals surface area contributed by atoms with Gasteiger partial charge in [0.2, 0.25) is 0 Å². The molecule has 0 bridgehead atoms. The van der Waals surface area contributed by atoms with Crippen LogP contribution in [-0.4, -0.2) is 4.92 Å². The van der Waals surface area contributed by atoms with E-state index in [4.69, 9.17) is 0 Å². The van der Waals surface area contributed by atoms with Gasteiger partial charge in [0, 0.05) is 0 Å². The SMILES string of the molecule is C[C-](c1ccccc1)[N+](=O)[O-]. The molecular weight excluding hydrogens is 142 g/mol. The van der Waals surface area contributed by atoms with Crippen molar-refractivity contribution >= 4 is 0 Å². The van der Waals surface area contributed by atoms with E-state index in [-0.39, 0.29) is 11.0 Å². The average molecular weight is 150 g/mol. The predicted molar refractivity (Wildman–Crippen MR) is 41.5 cm³/mol. The number of hydrogen-bond donors (Lipinski definition) is 0. The van der Waals surface area contributed by atoms with Crippen LogP contribution in [0.15, 0.2) is 30.3 Å². The molecule has 0 aliphatic rings. The third-order valence-electron chi connectivity index (χ3n) is 1.47. The molecule has 0 heterocycles. The Labute approximate surface area is 64.8 Å². The van der Waals surface area contributed by atoms with Gasteiger partial charge in [0.15, 0.2) is 0 Å².